The number of rotatable bonds is 5. The van der Waals surface area contributed by atoms with Gasteiger partial charge in [-0.05, 0) is 43.3 Å². The number of carbonyl (C=O) groups excluding carboxylic acids is 1. The van der Waals surface area contributed by atoms with Crippen LogP contribution in [0.3, 0.4) is 0 Å². The van der Waals surface area contributed by atoms with Crippen molar-refractivity contribution in [3.63, 3.8) is 0 Å². The summed E-state index contributed by atoms with van der Waals surface area (Å²) in [6.07, 6.45) is 1.57. The Morgan fingerprint density at radius 2 is 2.12 bits per heavy atom. The molecule has 2 aromatic heterocycles. The average Bonchev–Trinajstić information content (AvgIpc) is 3.38. The molecule has 0 saturated carbocycles. The third-order valence-electron chi connectivity index (χ3n) is 3.98. The summed E-state index contributed by atoms with van der Waals surface area (Å²) in [5, 5.41) is 7.21. The van der Waals surface area contributed by atoms with Crippen LogP contribution in [-0.4, -0.2) is 22.5 Å². The third-order valence-corrected chi connectivity index (χ3v) is 3.98. The molecule has 4 rings (SSSR count). The average molecular weight is 339 g/mol. The minimum Gasteiger partial charge on any atom is -0.467 e. The van der Waals surface area contributed by atoms with Crippen molar-refractivity contribution in [2.45, 2.75) is 20.0 Å². The van der Waals surface area contributed by atoms with Crippen molar-refractivity contribution in [1.29, 1.82) is 0 Å². The predicted octanol–water partition coefficient (Wildman–Crippen LogP) is 2.82. The first-order valence-corrected chi connectivity index (χ1v) is 8.03. The quantitative estimate of drug-likeness (QED) is 0.773. The monoisotopic (exact) mass is 339 g/mol. The minimum absolute atomic E-state index is 0.228. The topological polar surface area (TPSA) is 78.5 Å². The van der Waals surface area contributed by atoms with E-state index in [0.717, 1.165) is 17.0 Å². The number of furan rings is 1. The molecule has 0 fully saturated rings. The van der Waals surface area contributed by atoms with Crippen LogP contribution in [0.1, 0.15) is 23.2 Å². The molecule has 0 saturated heterocycles. The number of hydrogen-bond acceptors (Lipinski definition) is 5. The largest absolute Gasteiger partial charge is 0.467 e. The normalized spacial score (nSPS) is 12.4. The van der Waals surface area contributed by atoms with Crippen molar-refractivity contribution in [3.05, 3.63) is 54.1 Å². The molecule has 1 aliphatic rings. The van der Waals surface area contributed by atoms with Gasteiger partial charge in [-0.15, -0.1) is 0 Å². The number of aromatic nitrogens is 2. The molecule has 3 aromatic rings. The zero-order chi connectivity index (χ0) is 17.2. The van der Waals surface area contributed by atoms with Crippen molar-refractivity contribution in [2.75, 3.05) is 6.79 Å². The lowest BCUT2D eigenvalue weighted by atomic mass is 10.1. The van der Waals surface area contributed by atoms with Crippen LogP contribution in [0.25, 0.3) is 11.3 Å². The van der Waals surface area contributed by atoms with Gasteiger partial charge in [-0.3, -0.25) is 9.48 Å². The van der Waals surface area contributed by atoms with E-state index < -0.39 is 0 Å². The highest BCUT2D eigenvalue weighted by Crippen LogP contribution is 2.36. The van der Waals surface area contributed by atoms with E-state index in [1.807, 2.05) is 31.2 Å². The van der Waals surface area contributed by atoms with Gasteiger partial charge in [-0.1, -0.05) is 0 Å². The van der Waals surface area contributed by atoms with E-state index in [-0.39, 0.29) is 12.7 Å². The Hall–Kier alpha value is -3.22. The van der Waals surface area contributed by atoms with Gasteiger partial charge in [0.15, 0.2) is 17.2 Å². The standard InChI is InChI=1S/C18H17N3O4/c1-2-21-15(12-5-6-16-17(8-12)25-11-24-16)9-14(20-21)18(22)19-10-13-4-3-7-23-13/h3-9H,2,10-11H2,1H3,(H,19,22). The van der Waals surface area contributed by atoms with Gasteiger partial charge in [-0.25, -0.2) is 0 Å². The molecular formula is C18H17N3O4. The molecule has 0 spiro atoms. The molecule has 1 aliphatic heterocycles. The lowest BCUT2D eigenvalue weighted by Gasteiger charge is -2.05. The highest BCUT2D eigenvalue weighted by molar-refractivity contribution is 5.93. The first-order valence-electron chi connectivity index (χ1n) is 8.03. The zero-order valence-electron chi connectivity index (χ0n) is 13.7. The fourth-order valence-electron chi connectivity index (χ4n) is 2.73. The second-order valence-electron chi connectivity index (χ2n) is 5.56. The summed E-state index contributed by atoms with van der Waals surface area (Å²) in [6, 6.07) is 11.1. The van der Waals surface area contributed by atoms with Crippen molar-refractivity contribution < 1.29 is 18.7 Å². The van der Waals surface area contributed by atoms with Crippen LogP contribution in [0.5, 0.6) is 11.5 Å². The lowest BCUT2D eigenvalue weighted by molar-refractivity contribution is 0.0942. The molecule has 0 bridgehead atoms. The molecule has 3 heterocycles. The smallest absolute Gasteiger partial charge is 0.272 e. The number of ether oxygens (including phenoxy) is 2. The summed E-state index contributed by atoms with van der Waals surface area (Å²) >= 11 is 0. The summed E-state index contributed by atoms with van der Waals surface area (Å²) in [5.74, 6) is 1.87. The lowest BCUT2D eigenvalue weighted by Crippen LogP contribution is -2.23. The maximum Gasteiger partial charge on any atom is 0.272 e. The van der Waals surface area contributed by atoms with Crippen molar-refractivity contribution in [3.8, 4) is 22.8 Å². The molecule has 128 valence electrons. The number of amides is 1. The third kappa shape index (κ3) is 2.96. The first-order chi connectivity index (χ1) is 12.2. The second kappa shape index (κ2) is 6.35. The molecular weight excluding hydrogens is 322 g/mol. The number of hydrogen-bond donors (Lipinski definition) is 1. The predicted molar refractivity (Wildman–Crippen MR) is 89.3 cm³/mol. The Balaban J connectivity index is 1.58. The van der Waals surface area contributed by atoms with E-state index in [4.69, 9.17) is 13.9 Å². The summed E-state index contributed by atoms with van der Waals surface area (Å²) in [5.41, 5.74) is 2.13. The van der Waals surface area contributed by atoms with Crippen LogP contribution in [0.2, 0.25) is 0 Å². The second-order valence-corrected chi connectivity index (χ2v) is 5.56. The summed E-state index contributed by atoms with van der Waals surface area (Å²) in [7, 11) is 0. The summed E-state index contributed by atoms with van der Waals surface area (Å²) in [4.78, 5) is 12.4. The van der Waals surface area contributed by atoms with Crippen LogP contribution < -0.4 is 14.8 Å². The van der Waals surface area contributed by atoms with Gasteiger partial charge < -0.3 is 19.2 Å². The number of nitrogens with zero attached hydrogens (tertiary/aromatic N) is 2. The van der Waals surface area contributed by atoms with E-state index in [1.165, 1.54) is 0 Å². The van der Waals surface area contributed by atoms with E-state index in [9.17, 15) is 4.79 Å². The Bertz CT molecular complexity index is 899. The first kappa shape index (κ1) is 15.3. The molecule has 1 aromatic carbocycles. The Morgan fingerprint density at radius 3 is 2.92 bits per heavy atom. The van der Waals surface area contributed by atoms with Gasteiger partial charge in [0, 0.05) is 12.1 Å². The van der Waals surface area contributed by atoms with Crippen LogP contribution in [0, 0.1) is 0 Å². The number of carbonyl (C=O) groups is 1. The highest BCUT2D eigenvalue weighted by atomic mass is 16.7. The molecule has 0 aliphatic carbocycles. The Morgan fingerprint density at radius 1 is 1.24 bits per heavy atom. The van der Waals surface area contributed by atoms with Crippen molar-refractivity contribution >= 4 is 5.91 Å². The molecule has 25 heavy (non-hydrogen) atoms. The van der Waals surface area contributed by atoms with E-state index in [1.54, 1.807) is 23.1 Å². The summed E-state index contributed by atoms with van der Waals surface area (Å²) < 4.78 is 17.8. The van der Waals surface area contributed by atoms with Gasteiger partial charge in [0.25, 0.3) is 5.91 Å². The zero-order valence-corrected chi connectivity index (χ0v) is 13.7. The van der Waals surface area contributed by atoms with E-state index in [2.05, 4.69) is 10.4 Å². The summed E-state index contributed by atoms with van der Waals surface area (Å²) in [6.45, 7) is 3.18. The highest BCUT2D eigenvalue weighted by Gasteiger charge is 2.18. The van der Waals surface area contributed by atoms with E-state index >= 15 is 0 Å². The Kier molecular flexibility index (Phi) is 3.89. The SMILES string of the molecule is CCn1nc(C(=O)NCc2ccco2)cc1-c1ccc2c(c1)OCO2. The van der Waals surface area contributed by atoms with Crippen LogP contribution in [0.4, 0.5) is 0 Å². The van der Waals surface area contributed by atoms with Crippen LogP contribution in [-0.2, 0) is 13.1 Å². The molecule has 1 N–H and O–H groups in total. The van der Waals surface area contributed by atoms with Gasteiger partial charge in [0.1, 0.15) is 5.76 Å². The van der Waals surface area contributed by atoms with Gasteiger partial charge in [-0.2, -0.15) is 5.10 Å². The van der Waals surface area contributed by atoms with Gasteiger partial charge >= 0.3 is 0 Å². The van der Waals surface area contributed by atoms with Crippen molar-refractivity contribution in [2.24, 2.45) is 0 Å². The van der Waals surface area contributed by atoms with E-state index in [0.29, 0.717) is 30.3 Å². The fraction of sp³-hybridized carbons (Fsp3) is 0.222. The van der Waals surface area contributed by atoms with Gasteiger partial charge in [0.2, 0.25) is 6.79 Å². The Labute approximate surface area is 144 Å². The minimum atomic E-state index is -0.245. The number of aryl methyl sites for hydroxylation is 1. The number of benzene rings is 1. The molecule has 0 unspecified atom stereocenters. The maximum absolute atomic E-state index is 12.4. The molecule has 0 radical (unpaired) electrons. The van der Waals surface area contributed by atoms with Crippen molar-refractivity contribution in [1.82, 2.24) is 15.1 Å². The maximum atomic E-state index is 12.4. The van der Waals surface area contributed by atoms with Crippen LogP contribution >= 0.6 is 0 Å². The fourth-order valence-corrected chi connectivity index (χ4v) is 2.73. The number of nitrogens with one attached hydrogen (secondary N) is 1. The van der Waals surface area contributed by atoms with Gasteiger partial charge in [0.05, 0.1) is 18.5 Å². The molecule has 1 amide bonds. The molecule has 0 atom stereocenters. The van der Waals surface area contributed by atoms with Crippen LogP contribution in [0.15, 0.2) is 47.1 Å². The molecule has 7 nitrogen and oxygen atoms in total. The molecule has 7 heteroatoms. The number of fused-ring (bicyclic) bond motifs is 1.